The summed E-state index contributed by atoms with van der Waals surface area (Å²) < 4.78 is 0. The maximum Gasteiger partial charge on any atom is 0.323 e. The molecule has 6 heteroatoms. The molecule has 112 valence electrons. The van der Waals surface area contributed by atoms with Gasteiger partial charge in [0.25, 0.3) is 0 Å². The number of nitrogens with two attached hydrogens (primary N) is 1. The van der Waals surface area contributed by atoms with Crippen molar-refractivity contribution in [1.82, 2.24) is 4.90 Å². The second-order valence-electron chi connectivity index (χ2n) is 6.78. The molecule has 3 unspecified atom stereocenters. The highest BCUT2D eigenvalue weighted by atomic mass is 16.4. The highest BCUT2D eigenvalue weighted by Gasteiger charge is 2.72. The van der Waals surface area contributed by atoms with Crippen molar-refractivity contribution in [3.05, 3.63) is 0 Å². The van der Waals surface area contributed by atoms with Crippen LogP contribution in [0.25, 0.3) is 0 Å². The van der Waals surface area contributed by atoms with Gasteiger partial charge in [-0.2, -0.15) is 0 Å². The molecular formula is C14H22N2O4. The van der Waals surface area contributed by atoms with Crippen LogP contribution in [0, 0.1) is 17.3 Å². The van der Waals surface area contributed by atoms with E-state index in [1.807, 2.05) is 13.8 Å². The smallest absolute Gasteiger partial charge is 0.323 e. The molecule has 1 aliphatic carbocycles. The van der Waals surface area contributed by atoms with Crippen LogP contribution in [0.4, 0.5) is 0 Å². The van der Waals surface area contributed by atoms with Crippen molar-refractivity contribution in [3.63, 3.8) is 0 Å². The first-order valence-electron chi connectivity index (χ1n) is 6.98. The van der Waals surface area contributed by atoms with Gasteiger partial charge in [-0.3, -0.25) is 19.3 Å². The average Bonchev–Trinajstić information content (AvgIpc) is 2.79. The van der Waals surface area contributed by atoms with Gasteiger partial charge in [0.2, 0.25) is 11.8 Å². The van der Waals surface area contributed by atoms with Crippen LogP contribution in [-0.4, -0.2) is 39.9 Å². The van der Waals surface area contributed by atoms with Gasteiger partial charge in [0, 0.05) is 6.54 Å². The number of carbonyl (C=O) groups is 3. The van der Waals surface area contributed by atoms with Crippen molar-refractivity contribution in [1.29, 1.82) is 0 Å². The molecule has 20 heavy (non-hydrogen) atoms. The molecule has 2 rings (SSSR count). The predicted octanol–water partition coefficient (Wildman–Crippen LogP) is 0.600. The van der Waals surface area contributed by atoms with E-state index in [0.717, 1.165) is 0 Å². The highest BCUT2D eigenvalue weighted by molar-refractivity contribution is 6.10. The van der Waals surface area contributed by atoms with Crippen LogP contribution in [0.5, 0.6) is 0 Å². The van der Waals surface area contributed by atoms with Crippen molar-refractivity contribution < 1.29 is 19.5 Å². The largest absolute Gasteiger partial charge is 0.480 e. The molecule has 2 fully saturated rings. The number of piperidine rings is 1. The SMILES string of the molecule is CC(N)(CCCCN1C(=O)C2C(C1=O)C2(C)C)C(=O)O. The number of imide groups is 1. The fraction of sp³-hybridized carbons (Fsp3) is 0.786. The third-order valence-corrected chi connectivity index (χ3v) is 4.71. The van der Waals surface area contributed by atoms with Gasteiger partial charge in [0.1, 0.15) is 5.54 Å². The molecule has 0 aromatic rings. The zero-order valence-electron chi connectivity index (χ0n) is 12.2. The number of fused-ring (bicyclic) bond motifs is 1. The normalized spacial score (nSPS) is 30.1. The van der Waals surface area contributed by atoms with E-state index in [0.29, 0.717) is 25.8 Å². The molecule has 1 heterocycles. The number of likely N-dealkylation sites (tertiary alicyclic amines) is 1. The summed E-state index contributed by atoms with van der Waals surface area (Å²) in [5.74, 6) is -1.46. The summed E-state index contributed by atoms with van der Waals surface area (Å²) in [6, 6.07) is 0. The Balaban J connectivity index is 1.79. The van der Waals surface area contributed by atoms with Crippen molar-refractivity contribution in [2.24, 2.45) is 23.0 Å². The number of carbonyl (C=O) groups excluding carboxylic acids is 2. The van der Waals surface area contributed by atoms with Gasteiger partial charge in [0.05, 0.1) is 11.8 Å². The van der Waals surface area contributed by atoms with E-state index in [2.05, 4.69) is 0 Å². The van der Waals surface area contributed by atoms with Crippen molar-refractivity contribution >= 4 is 17.8 Å². The van der Waals surface area contributed by atoms with Gasteiger partial charge in [0.15, 0.2) is 0 Å². The Morgan fingerprint density at radius 3 is 2.25 bits per heavy atom. The zero-order valence-corrected chi connectivity index (χ0v) is 12.2. The van der Waals surface area contributed by atoms with E-state index >= 15 is 0 Å². The molecular weight excluding hydrogens is 260 g/mol. The zero-order chi connectivity index (χ0) is 15.3. The summed E-state index contributed by atoms with van der Waals surface area (Å²) >= 11 is 0. The Hall–Kier alpha value is -1.43. The van der Waals surface area contributed by atoms with Gasteiger partial charge >= 0.3 is 5.97 Å². The van der Waals surface area contributed by atoms with E-state index in [9.17, 15) is 14.4 Å². The van der Waals surface area contributed by atoms with Crippen LogP contribution >= 0.6 is 0 Å². The topological polar surface area (TPSA) is 101 Å². The van der Waals surface area contributed by atoms with Gasteiger partial charge < -0.3 is 10.8 Å². The molecule has 0 spiro atoms. The average molecular weight is 282 g/mol. The third-order valence-electron chi connectivity index (χ3n) is 4.71. The summed E-state index contributed by atoms with van der Waals surface area (Å²) in [7, 11) is 0. The standard InChI is InChI=1S/C14H22N2O4/c1-13(2)8-9(13)11(18)16(10(8)17)7-5-4-6-14(3,15)12(19)20/h8-9H,4-7,15H2,1-3H3,(H,19,20). The number of carboxylic acids is 1. The van der Waals surface area contributed by atoms with Crippen molar-refractivity contribution in [3.8, 4) is 0 Å². The highest BCUT2D eigenvalue weighted by Crippen LogP contribution is 2.63. The maximum atomic E-state index is 12.1. The molecule has 2 aliphatic rings. The summed E-state index contributed by atoms with van der Waals surface area (Å²) in [6.45, 7) is 5.74. The number of carboxylic acid groups (broad SMARTS) is 1. The monoisotopic (exact) mass is 282 g/mol. The lowest BCUT2D eigenvalue weighted by Gasteiger charge is -2.22. The lowest BCUT2D eigenvalue weighted by Crippen LogP contribution is -2.44. The molecule has 1 saturated heterocycles. The Kier molecular flexibility index (Phi) is 3.40. The van der Waals surface area contributed by atoms with Crippen LogP contribution in [0.1, 0.15) is 40.0 Å². The lowest BCUT2D eigenvalue weighted by atomic mass is 9.96. The van der Waals surface area contributed by atoms with Crippen LogP contribution in [0.2, 0.25) is 0 Å². The number of aliphatic carboxylic acids is 1. The summed E-state index contributed by atoms with van der Waals surface area (Å²) in [5, 5.41) is 8.89. The van der Waals surface area contributed by atoms with Crippen molar-refractivity contribution in [2.45, 2.75) is 45.6 Å². The fourth-order valence-electron chi connectivity index (χ4n) is 3.09. The number of rotatable bonds is 6. The number of amides is 2. The number of hydrogen-bond donors (Lipinski definition) is 2. The molecule has 1 saturated carbocycles. The minimum absolute atomic E-state index is 0.0706. The second-order valence-corrected chi connectivity index (χ2v) is 6.78. The lowest BCUT2D eigenvalue weighted by molar-refractivity contribution is -0.144. The van der Waals surface area contributed by atoms with Gasteiger partial charge in [-0.1, -0.05) is 13.8 Å². The van der Waals surface area contributed by atoms with E-state index in [1.165, 1.54) is 11.8 Å². The van der Waals surface area contributed by atoms with Crippen LogP contribution in [0.3, 0.4) is 0 Å². The number of unbranched alkanes of at least 4 members (excludes halogenated alkanes) is 1. The Morgan fingerprint density at radius 1 is 1.30 bits per heavy atom. The second kappa shape index (κ2) is 4.55. The molecule has 0 aromatic carbocycles. The van der Waals surface area contributed by atoms with Crippen LogP contribution in [0.15, 0.2) is 0 Å². The van der Waals surface area contributed by atoms with Crippen LogP contribution in [-0.2, 0) is 14.4 Å². The van der Waals surface area contributed by atoms with E-state index < -0.39 is 11.5 Å². The van der Waals surface area contributed by atoms with E-state index in [-0.39, 0.29) is 29.1 Å². The van der Waals surface area contributed by atoms with Gasteiger partial charge in [-0.25, -0.2) is 0 Å². The molecule has 1 aliphatic heterocycles. The summed E-state index contributed by atoms with van der Waals surface area (Å²) in [5.41, 5.74) is 4.20. The Bertz CT molecular complexity index is 446. The minimum Gasteiger partial charge on any atom is -0.480 e. The van der Waals surface area contributed by atoms with Crippen molar-refractivity contribution in [2.75, 3.05) is 6.54 Å². The quantitative estimate of drug-likeness (QED) is 0.549. The molecule has 0 radical (unpaired) electrons. The first-order valence-corrected chi connectivity index (χ1v) is 6.98. The van der Waals surface area contributed by atoms with Gasteiger partial charge in [-0.15, -0.1) is 0 Å². The van der Waals surface area contributed by atoms with Gasteiger partial charge in [-0.05, 0) is 31.6 Å². The van der Waals surface area contributed by atoms with E-state index in [1.54, 1.807) is 0 Å². The summed E-state index contributed by atoms with van der Waals surface area (Å²) in [4.78, 5) is 36.3. The molecule has 3 N–H and O–H groups in total. The Labute approximate surface area is 118 Å². The molecule has 2 amide bonds. The predicted molar refractivity (Wildman–Crippen MR) is 71.6 cm³/mol. The third kappa shape index (κ3) is 2.22. The Morgan fingerprint density at radius 2 is 1.80 bits per heavy atom. The number of nitrogens with zero attached hydrogens (tertiary/aromatic N) is 1. The van der Waals surface area contributed by atoms with E-state index in [4.69, 9.17) is 10.8 Å². The molecule has 3 atom stereocenters. The first-order chi connectivity index (χ1) is 9.10. The molecule has 0 aromatic heterocycles. The minimum atomic E-state index is -1.25. The fourth-order valence-corrected chi connectivity index (χ4v) is 3.09. The summed E-state index contributed by atoms with van der Waals surface area (Å²) in [6.07, 6.45) is 1.50. The number of hydrogen-bond acceptors (Lipinski definition) is 4. The first kappa shape index (κ1) is 15.0. The molecule has 0 bridgehead atoms. The molecule has 6 nitrogen and oxygen atoms in total. The maximum absolute atomic E-state index is 12.1. The van der Waals surface area contributed by atoms with Crippen LogP contribution < -0.4 is 5.73 Å².